The molecule has 0 aliphatic rings. The Kier molecular flexibility index (Phi) is 4.92. The third-order valence-corrected chi connectivity index (χ3v) is 2.87. The van der Waals surface area contributed by atoms with Crippen molar-refractivity contribution in [3.63, 3.8) is 0 Å². The molecular weight excluding hydrogens is 242 g/mol. The standard InChI is InChI=1S/C14H19N3O2/c1-3-12(15-2)14-17-16-13(19-14)9-10-18-11-7-5-4-6-8-11/h4-8,12,15H,3,9-10H2,1-2H3. The van der Waals surface area contributed by atoms with Gasteiger partial charge in [-0.1, -0.05) is 25.1 Å². The topological polar surface area (TPSA) is 60.2 Å². The van der Waals surface area contributed by atoms with Crippen molar-refractivity contribution in [3.05, 3.63) is 42.1 Å². The number of hydrogen-bond acceptors (Lipinski definition) is 5. The molecule has 1 atom stereocenters. The van der Waals surface area contributed by atoms with E-state index in [1.54, 1.807) is 0 Å². The summed E-state index contributed by atoms with van der Waals surface area (Å²) in [5, 5.41) is 11.2. The number of hydrogen-bond donors (Lipinski definition) is 1. The van der Waals surface area contributed by atoms with Crippen LogP contribution in [0.5, 0.6) is 5.75 Å². The normalized spacial score (nSPS) is 12.3. The summed E-state index contributed by atoms with van der Waals surface area (Å²) >= 11 is 0. The molecule has 0 saturated heterocycles. The molecule has 2 aromatic rings. The lowest BCUT2D eigenvalue weighted by molar-refractivity contribution is 0.299. The maximum atomic E-state index is 5.60. The van der Waals surface area contributed by atoms with E-state index >= 15 is 0 Å². The number of ether oxygens (including phenoxy) is 1. The van der Waals surface area contributed by atoms with Crippen LogP contribution in [0, 0.1) is 0 Å². The summed E-state index contributed by atoms with van der Waals surface area (Å²) in [6, 6.07) is 9.81. The number of nitrogens with one attached hydrogen (secondary N) is 1. The Morgan fingerprint density at radius 1 is 1.26 bits per heavy atom. The lowest BCUT2D eigenvalue weighted by Gasteiger charge is -2.07. The van der Waals surface area contributed by atoms with Gasteiger partial charge in [-0.15, -0.1) is 10.2 Å². The lowest BCUT2D eigenvalue weighted by atomic mass is 10.2. The number of para-hydroxylation sites is 1. The third kappa shape index (κ3) is 3.79. The van der Waals surface area contributed by atoms with E-state index in [1.165, 1.54) is 0 Å². The van der Waals surface area contributed by atoms with Crippen molar-refractivity contribution in [1.82, 2.24) is 15.5 Å². The number of rotatable bonds is 7. The Balaban J connectivity index is 1.83. The summed E-state index contributed by atoms with van der Waals surface area (Å²) < 4.78 is 11.2. The molecule has 5 nitrogen and oxygen atoms in total. The van der Waals surface area contributed by atoms with Crippen LogP contribution in [0.1, 0.15) is 31.2 Å². The van der Waals surface area contributed by atoms with E-state index in [-0.39, 0.29) is 6.04 Å². The molecule has 0 aliphatic heterocycles. The van der Waals surface area contributed by atoms with Gasteiger partial charge < -0.3 is 14.5 Å². The van der Waals surface area contributed by atoms with E-state index < -0.39 is 0 Å². The summed E-state index contributed by atoms with van der Waals surface area (Å²) in [5.41, 5.74) is 0. The van der Waals surface area contributed by atoms with E-state index in [0.29, 0.717) is 24.8 Å². The lowest BCUT2D eigenvalue weighted by Crippen LogP contribution is -2.15. The summed E-state index contributed by atoms with van der Waals surface area (Å²) in [5.74, 6) is 2.10. The average Bonchev–Trinajstić information content (AvgIpc) is 2.90. The fraction of sp³-hybridized carbons (Fsp3) is 0.429. The van der Waals surface area contributed by atoms with Crippen molar-refractivity contribution >= 4 is 0 Å². The van der Waals surface area contributed by atoms with Crippen molar-refractivity contribution in [1.29, 1.82) is 0 Å². The van der Waals surface area contributed by atoms with E-state index in [9.17, 15) is 0 Å². The molecule has 1 aromatic carbocycles. The first kappa shape index (κ1) is 13.5. The third-order valence-electron chi connectivity index (χ3n) is 2.87. The van der Waals surface area contributed by atoms with Crippen LogP contribution in [0.15, 0.2) is 34.7 Å². The SMILES string of the molecule is CCC(NC)c1nnc(CCOc2ccccc2)o1. The zero-order chi connectivity index (χ0) is 13.5. The Hall–Kier alpha value is -1.88. The number of benzene rings is 1. The quantitative estimate of drug-likeness (QED) is 0.829. The zero-order valence-corrected chi connectivity index (χ0v) is 11.3. The fourth-order valence-electron chi connectivity index (χ4n) is 1.78. The molecule has 1 heterocycles. The van der Waals surface area contributed by atoms with Gasteiger partial charge in [0, 0.05) is 0 Å². The summed E-state index contributed by atoms with van der Waals surface area (Å²) in [6.45, 7) is 2.60. The van der Waals surface area contributed by atoms with Gasteiger partial charge in [0.25, 0.3) is 0 Å². The van der Waals surface area contributed by atoms with Crippen molar-refractivity contribution in [3.8, 4) is 5.75 Å². The molecule has 0 fully saturated rings. The molecule has 19 heavy (non-hydrogen) atoms. The number of aromatic nitrogens is 2. The van der Waals surface area contributed by atoms with Crippen LogP contribution in [0.2, 0.25) is 0 Å². The van der Waals surface area contributed by atoms with Crippen LogP contribution in [0.4, 0.5) is 0 Å². The summed E-state index contributed by atoms with van der Waals surface area (Å²) in [7, 11) is 1.89. The summed E-state index contributed by atoms with van der Waals surface area (Å²) in [6.07, 6.45) is 1.53. The molecule has 102 valence electrons. The molecule has 0 aliphatic carbocycles. The van der Waals surface area contributed by atoms with Gasteiger partial charge in [0.2, 0.25) is 11.8 Å². The molecular formula is C14H19N3O2. The van der Waals surface area contributed by atoms with Gasteiger partial charge in [0.05, 0.1) is 19.1 Å². The van der Waals surface area contributed by atoms with Crippen molar-refractivity contribution in [2.75, 3.05) is 13.7 Å². The summed E-state index contributed by atoms with van der Waals surface area (Å²) in [4.78, 5) is 0. The van der Waals surface area contributed by atoms with Crippen molar-refractivity contribution in [2.24, 2.45) is 0 Å². The van der Waals surface area contributed by atoms with E-state index in [1.807, 2.05) is 37.4 Å². The second kappa shape index (κ2) is 6.89. The first-order chi connectivity index (χ1) is 9.33. The predicted octanol–water partition coefficient (Wildman–Crippen LogP) is 2.36. The van der Waals surface area contributed by atoms with Gasteiger partial charge in [-0.25, -0.2) is 0 Å². The van der Waals surface area contributed by atoms with E-state index in [4.69, 9.17) is 9.15 Å². The highest BCUT2D eigenvalue weighted by molar-refractivity contribution is 5.20. The number of nitrogens with zero attached hydrogens (tertiary/aromatic N) is 2. The van der Waals surface area contributed by atoms with Gasteiger partial charge in [-0.05, 0) is 25.6 Å². The Bertz CT molecular complexity index is 480. The molecule has 1 N–H and O–H groups in total. The maximum Gasteiger partial charge on any atom is 0.233 e. The smallest absolute Gasteiger partial charge is 0.233 e. The van der Waals surface area contributed by atoms with Crippen LogP contribution in [0.3, 0.4) is 0 Å². The Labute approximate surface area is 113 Å². The minimum absolute atomic E-state index is 0.122. The van der Waals surface area contributed by atoms with Crippen LogP contribution in [0.25, 0.3) is 0 Å². The monoisotopic (exact) mass is 261 g/mol. The highest BCUT2D eigenvalue weighted by atomic mass is 16.5. The van der Waals surface area contributed by atoms with Gasteiger partial charge >= 0.3 is 0 Å². The van der Waals surface area contributed by atoms with Gasteiger partial charge in [0.15, 0.2) is 0 Å². The molecule has 2 rings (SSSR count). The Morgan fingerprint density at radius 2 is 2.05 bits per heavy atom. The molecule has 0 amide bonds. The van der Waals surface area contributed by atoms with Crippen molar-refractivity contribution < 1.29 is 9.15 Å². The van der Waals surface area contributed by atoms with Crippen LogP contribution in [-0.2, 0) is 6.42 Å². The fourth-order valence-corrected chi connectivity index (χ4v) is 1.78. The second-order valence-electron chi connectivity index (χ2n) is 4.20. The van der Waals surface area contributed by atoms with Gasteiger partial charge in [-0.3, -0.25) is 0 Å². The molecule has 0 radical (unpaired) electrons. The molecule has 0 bridgehead atoms. The van der Waals surface area contributed by atoms with E-state index in [2.05, 4.69) is 22.4 Å². The van der Waals surface area contributed by atoms with Crippen molar-refractivity contribution in [2.45, 2.75) is 25.8 Å². The van der Waals surface area contributed by atoms with Gasteiger partial charge in [0.1, 0.15) is 5.75 Å². The van der Waals surface area contributed by atoms with Crippen LogP contribution in [-0.4, -0.2) is 23.9 Å². The molecule has 1 unspecified atom stereocenters. The second-order valence-corrected chi connectivity index (χ2v) is 4.20. The molecule has 0 spiro atoms. The first-order valence-corrected chi connectivity index (χ1v) is 6.51. The average molecular weight is 261 g/mol. The van der Waals surface area contributed by atoms with Gasteiger partial charge in [-0.2, -0.15) is 0 Å². The molecule has 1 aromatic heterocycles. The van der Waals surface area contributed by atoms with Crippen LogP contribution < -0.4 is 10.1 Å². The predicted molar refractivity (Wildman–Crippen MR) is 72.0 cm³/mol. The largest absolute Gasteiger partial charge is 0.493 e. The first-order valence-electron chi connectivity index (χ1n) is 6.51. The minimum atomic E-state index is 0.122. The van der Waals surface area contributed by atoms with E-state index in [0.717, 1.165) is 12.2 Å². The van der Waals surface area contributed by atoms with Crippen LogP contribution >= 0.6 is 0 Å². The highest BCUT2D eigenvalue weighted by Crippen LogP contribution is 2.15. The zero-order valence-electron chi connectivity index (χ0n) is 11.3. The highest BCUT2D eigenvalue weighted by Gasteiger charge is 2.14. The molecule has 5 heteroatoms. The molecule has 0 saturated carbocycles. The minimum Gasteiger partial charge on any atom is -0.493 e. The maximum absolute atomic E-state index is 5.60. The Morgan fingerprint density at radius 3 is 2.74 bits per heavy atom.